The van der Waals surface area contributed by atoms with E-state index in [0.29, 0.717) is 49.8 Å². The van der Waals surface area contributed by atoms with Crippen molar-refractivity contribution in [2.45, 2.75) is 56.8 Å². The fourth-order valence-corrected chi connectivity index (χ4v) is 7.97. The van der Waals surface area contributed by atoms with Crippen LogP contribution in [0.5, 0.6) is 5.75 Å². The smallest absolute Gasteiger partial charge is 0.196 e. The highest BCUT2D eigenvalue weighted by molar-refractivity contribution is 7.16. The van der Waals surface area contributed by atoms with Gasteiger partial charge in [-0.2, -0.15) is 0 Å². The lowest BCUT2D eigenvalue weighted by Crippen LogP contribution is -2.33. The molecule has 13 nitrogen and oxygen atoms in total. The maximum atomic E-state index is 13.3. The van der Waals surface area contributed by atoms with Crippen LogP contribution in [0.4, 0.5) is 16.5 Å². The van der Waals surface area contributed by atoms with E-state index in [-0.39, 0.29) is 5.78 Å². The molecule has 0 amide bonds. The molecule has 3 aromatic heterocycles. The number of nitrogen functional groups attached to an aromatic ring is 1. The number of anilines is 3. The van der Waals surface area contributed by atoms with Crippen LogP contribution < -0.4 is 15.8 Å². The number of ketones is 1. The Hall–Kier alpha value is -3.86. The maximum absolute atomic E-state index is 13.3. The minimum absolute atomic E-state index is 0.114. The number of aliphatic hydroxyl groups excluding tert-OH is 3. The summed E-state index contributed by atoms with van der Waals surface area (Å²) in [5, 5.41) is 34.6. The molecule has 1 fully saturated rings. The molecule has 7 rings (SSSR count). The second-order valence-electron chi connectivity index (χ2n) is 12.6. The normalized spacial score (nSPS) is 20.5. The van der Waals surface area contributed by atoms with Crippen molar-refractivity contribution < 1.29 is 29.6 Å². The minimum Gasteiger partial charge on any atom is -0.494 e. The highest BCUT2D eigenvalue weighted by Gasteiger charge is 2.44. The van der Waals surface area contributed by atoms with Crippen molar-refractivity contribution in [3.8, 4) is 5.75 Å². The Bertz CT molecular complexity index is 2030. The maximum Gasteiger partial charge on any atom is 0.196 e. The standard InChI is InChI=1S/C35H37Cl2N7O6S/c36-23-9-4-19(14-24(23)37)29(46)27-22-10-12-43(15-26(22)51-32(27)38)11-2-1-3-13-49-21-7-5-20(6-8-21)42-33-28-34(40-17-39-33)44(18-41-28)35-31(48)30(47)25(16-45)50-35/h4-9,14,17-18,25,30-31,35,45,47-48H,1-3,10-13,15-16,38H2,(H,39,40,42)/t25-,30-,31-,35-/m1/s1. The van der Waals surface area contributed by atoms with Crippen LogP contribution in [0.2, 0.25) is 10.0 Å². The number of hydrogen-bond donors (Lipinski definition) is 5. The van der Waals surface area contributed by atoms with Gasteiger partial charge in [-0.1, -0.05) is 23.2 Å². The summed E-state index contributed by atoms with van der Waals surface area (Å²) in [5.74, 6) is 1.10. The molecule has 0 unspecified atom stereocenters. The molecule has 16 heteroatoms. The van der Waals surface area contributed by atoms with Crippen molar-refractivity contribution in [3.63, 3.8) is 0 Å². The van der Waals surface area contributed by atoms with Crippen molar-refractivity contribution in [1.29, 1.82) is 0 Å². The first-order chi connectivity index (χ1) is 24.7. The zero-order valence-electron chi connectivity index (χ0n) is 27.4. The van der Waals surface area contributed by atoms with Gasteiger partial charge < -0.3 is 35.8 Å². The molecule has 0 aliphatic carbocycles. The first-order valence-electron chi connectivity index (χ1n) is 16.6. The summed E-state index contributed by atoms with van der Waals surface area (Å²) < 4.78 is 13.1. The van der Waals surface area contributed by atoms with Crippen molar-refractivity contribution >= 4 is 68.0 Å². The SMILES string of the molecule is Nc1sc2c(c1C(=O)c1ccc(Cl)c(Cl)c1)CCN(CCCCCOc1ccc(Nc3ncnc4c3ncn4[C@@H]3O[C@H](CO)[C@@H](O)[C@H]3O)cc1)C2. The number of ether oxygens (including phenoxy) is 2. The van der Waals surface area contributed by atoms with Crippen LogP contribution in [0.15, 0.2) is 55.1 Å². The third-order valence-corrected chi connectivity index (χ3v) is 11.0. The zero-order chi connectivity index (χ0) is 35.6. The van der Waals surface area contributed by atoms with Gasteiger partial charge in [0, 0.05) is 29.2 Å². The summed E-state index contributed by atoms with van der Waals surface area (Å²) in [7, 11) is 0. The van der Waals surface area contributed by atoms with Crippen LogP contribution in [0.25, 0.3) is 11.2 Å². The monoisotopic (exact) mass is 753 g/mol. The summed E-state index contributed by atoms with van der Waals surface area (Å²) in [5.41, 5.74) is 10.1. The number of nitrogens with two attached hydrogens (primary N) is 1. The molecule has 6 N–H and O–H groups in total. The van der Waals surface area contributed by atoms with E-state index in [0.717, 1.165) is 67.2 Å². The largest absolute Gasteiger partial charge is 0.494 e. The van der Waals surface area contributed by atoms with Crippen molar-refractivity contribution in [3.05, 3.63) is 86.7 Å². The molecule has 2 aromatic carbocycles. The first-order valence-corrected chi connectivity index (χ1v) is 18.2. The molecule has 5 aromatic rings. The molecular weight excluding hydrogens is 717 g/mol. The number of thiophene rings is 1. The lowest BCUT2D eigenvalue weighted by Gasteiger charge is -2.27. The summed E-state index contributed by atoms with van der Waals surface area (Å²) in [6, 6.07) is 12.5. The van der Waals surface area contributed by atoms with Crippen LogP contribution in [-0.2, 0) is 17.7 Å². The van der Waals surface area contributed by atoms with E-state index >= 15 is 0 Å². The number of aliphatic hydroxyl groups is 3. The van der Waals surface area contributed by atoms with Gasteiger partial charge in [-0.05, 0) is 80.3 Å². The molecule has 268 valence electrons. The predicted octanol–water partition coefficient (Wildman–Crippen LogP) is 4.97. The summed E-state index contributed by atoms with van der Waals surface area (Å²) in [4.78, 5) is 29.9. The van der Waals surface area contributed by atoms with Crippen LogP contribution in [0, 0.1) is 0 Å². The summed E-state index contributed by atoms with van der Waals surface area (Å²) >= 11 is 13.7. The first kappa shape index (κ1) is 35.5. The number of unbranched alkanes of at least 4 members (excludes halogenated alkanes) is 2. The van der Waals surface area contributed by atoms with Crippen molar-refractivity contribution in [2.24, 2.45) is 0 Å². The van der Waals surface area contributed by atoms with Crippen molar-refractivity contribution in [1.82, 2.24) is 24.4 Å². The van der Waals surface area contributed by atoms with Crippen LogP contribution in [-0.4, -0.2) is 90.1 Å². The Kier molecular flexibility index (Phi) is 10.7. The van der Waals surface area contributed by atoms with E-state index in [2.05, 4.69) is 25.2 Å². The van der Waals surface area contributed by atoms with Crippen LogP contribution >= 0.6 is 34.5 Å². The number of imidazole rings is 1. The molecule has 2 aliphatic heterocycles. The minimum atomic E-state index is -1.25. The van der Waals surface area contributed by atoms with Gasteiger partial charge in [0.05, 0.1) is 40.2 Å². The second-order valence-corrected chi connectivity index (χ2v) is 14.5. The topological polar surface area (TPSA) is 181 Å². The van der Waals surface area contributed by atoms with Crippen LogP contribution in [0.1, 0.15) is 51.9 Å². The molecule has 1 saturated heterocycles. The number of aromatic nitrogens is 4. The van der Waals surface area contributed by atoms with E-state index in [1.54, 1.807) is 18.2 Å². The van der Waals surface area contributed by atoms with Gasteiger partial charge >= 0.3 is 0 Å². The van der Waals surface area contributed by atoms with Gasteiger partial charge in [0.25, 0.3) is 0 Å². The molecule has 51 heavy (non-hydrogen) atoms. The summed E-state index contributed by atoms with van der Waals surface area (Å²) in [6.45, 7) is 2.79. The van der Waals surface area contributed by atoms with E-state index in [9.17, 15) is 20.1 Å². The van der Waals surface area contributed by atoms with E-state index in [4.69, 9.17) is 38.4 Å². The Morgan fingerprint density at radius 2 is 1.88 bits per heavy atom. The highest BCUT2D eigenvalue weighted by atomic mass is 35.5. The third kappa shape index (κ3) is 7.41. The molecule has 0 spiro atoms. The van der Waals surface area contributed by atoms with Gasteiger partial charge in [-0.25, -0.2) is 15.0 Å². The lowest BCUT2D eigenvalue weighted by atomic mass is 9.96. The number of carbonyl (C=O) groups is 1. The molecule has 0 radical (unpaired) electrons. The molecule has 4 atom stereocenters. The molecule has 0 bridgehead atoms. The van der Waals surface area contributed by atoms with Gasteiger partial charge in [0.1, 0.15) is 30.4 Å². The Morgan fingerprint density at radius 3 is 2.65 bits per heavy atom. The average Bonchev–Trinajstić information content (AvgIpc) is 3.80. The Labute approximate surface area is 307 Å². The number of benzene rings is 2. The number of rotatable bonds is 13. The van der Waals surface area contributed by atoms with Crippen LogP contribution in [0.3, 0.4) is 0 Å². The highest BCUT2D eigenvalue weighted by Crippen LogP contribution is 2.37. The van der Waals surface area contributed by atoms with E-state index < -0.39 is 31.1 Å². The second kappa shape index (κ2) is 15.4. The van der Waals surface area contributed by atoms with Crippen molar-refractivity contribution in [2.75, 3.05) is 37.4 Å². The van der Waals surface area contributed by atoms with Gasteiger partial charge in [-0.15, -0.1) is 11.3 Å². The number of halogens is 2. The molecular formula is C35H37Cl2N7O6S. The molecule has 2 aliphatic rings. The van der Waals surface area contributed by atoms with E-state index in [1.165, 1.54) is 28.6 Å². The van der Waals surface area contributed by atoms with Gasteiger partial charge in [0.15, 0.2) is 29.0 Å². The van der Waals surface area contributed by atoms with Gasteiger partial charge in [-0.3, -0.25) is 14.3 Å². The zero-order valence-corrected chi connectivity index (χ0v) is 29.7. The Balaban J connectivity index is 0.857. The number of hydrogen-bond acceptors (Lipinski definition) is 13. The molecule has 0 saturated carbocycles. The predicted molar refractivity (Wildman–Crippen MR) is 195 cm³/mol. The fraction of sp³-hybridized carbons (Fsp3) is 0.371. The number of fused-ring (bicyclic) bond motifs is 2. The average molecular weight is 755 g/mol. The van der Waals surface area contributed by atoms with E-state index in [1.807, 2.05) is 24.3 Å². The molecule has 5 heterocycles. The van der Waals surface area contributed by atoms with Gasteiger partial charge in [0.2, 0.25) is 0 Å². The summed E-state index contributed by atoms with van der Waals surface area (Å²) in [6.07, 6.45) is 2.26. The number of nitrogens with zero attached hydrogens (tertiary/aromatic N) is 5. The number of nitrogens with one attached hydrogen (secondary N) is 1. The fourth-order valence-electron chi connectivity index (χ4n) is 6.51. The Morgan fingerprint density at radius 1 is 1.06 bits per heavy atom. The lowest BCUT2D eigenvalue weighted by molar-refractivity contribution is -0.0511. The third-order valence-electron chi connectivity index (χ3n) is 9.23. The number of carbonyl (C=O) groups excluding carboxylic acids is 1. The quantitative estimate of drug-likeness (QED) is 0.0806.